The molecule has 5 aliphatic rings. The molecule has 1 spiro atoms. The molecule has 0 bridgehead atoms. The van der Waals surface area contributed by atoms with E-state index in [-0.39, 0.29) is 32.5 Å². The van der Waals surface area contributed by atoms with E-state index in [0.717, 1.165) is 12.8 Å². The zero-order valence-corrected chi connectivity index (χ0v) is 46.3. The lowest BCUT2D eigenvalue weighted by atomic mass is 9.61. The molecule has 0 unspecified atom stereocenters. The summed E-state index contributed by atoms with van der Waals surface area (Å²) in [5, 5.41) is 0. The van der Waals surface area contributed by atoms with Crippen LogP contribution in [0.25, 0.3) is 44.5 Å². The van der Waals surface area contributed by atoms with E-state index < -0.39 is 5.41 Å². The average Bonchev–Trinajstić information content (AvgIpc) is 3.90. The van der Waals surface area contributed by atoms with Gasteiger partial charge in [0.15, 0.2) is 0 Å². The van der Waals surface area contributed by atoms with Gasteiger partial charge in [-0.25, -0.2) is 0 Å². The summed E-state index contributed by atoms with van der Waals surface area (Å²) >= 11 is 0. The van der Waals surface area contributed by atoms with Crippen molar-refractivity contribution in [1.29, 1.82) is 0 Å². The Bertz CT molecular complexity index is 3580. The summed E-state index contributed by atoms with van der Waals surface area (Å²) in [4.78, 5) is 2.67. The minimum absolute atomic E-state index is 0.0211. The quantitative estimate of drug-likeness (QED) is 0.166. The zero-order valence-electron chi connectivity index (χ0n) is 46.3. The molecule has 74 heavy (non-hydrogen) atoms. The third-order valence-electron chi connectivity index (χ3n) is 19.9. The van der Waals surface area contributed by atoms with Crippen LogP contribution >= 0.6 is 0 Å². The van der Waals surface area contributed by atoms with Gasteiger partial charge in [0.2, 0.25) is 0 Å². The number of benzene rings is 8. The Balaban J connectivity index is 1.12. The largest absolute Gasteiger partial charge is 0.310 e. The Morgan fingerprint density at radius 3 is 1.26 bits per heavy atom. The Morgan fingerprint density at radius 2 is 0.689 bits per heavy atom. The number of fused-ring (bicyclic) bond motifs is 13. The second-order valence-electron chi connectivity index (χ2n) is 27.2. The van der Waals surface area contributed by atoms with Crippen molar-refractivity contribution in [1.82, 2.24) is 0 Å². The summed E-state index contributed by atoms with van der Waals surface area (Å²) in [5.41, 5.74) is 28.5. The highest BCUT2D eigenvalue weighted by molar-refractivity contribution is 6.01. The van der Waals surface area contributed by atoms with E-state index >= 15 is 0 Å². The molecule has 8 aromatic rings. The zero-order chi connectivity index (χ0) is 51.5. The lowest BCUT2D eigenvalue weighted by Crippen LogP contribution is -2.34. The maximum atomic E-state index is 2.67. The van der Waals surface area contributed by atoms with Crippen LogP contribution in [0.3, 0.4) is 0 Å². The number of nitrogens with zero attached hydrogens (tertiary/aromatic N) is 1. The Labute approximate surface area is 443 Å². The molecule has 8 aromatic carbocycles. The van der Waals surface area contributed by atoms with Gasteiger partial charge in [0.05, 0.1) is 11.1 Å². The van der Waals surface area contributed by atoms with Crippen LogP contribution in [0.2, 0.25) is 0 Å². The van der Waals surface area contributed by atoms with Gasteiger partial charge in [-0.2, -0.15) is 0 Å². The predicted molar refractivity (Wildman–Crippen MR) is 314 cm³/mol. The molecule has 0 radical (unpaired) electrons. The van der Waals surface area contributed by atoms with Crippen molar-refractivity contribution >= 4 is 17.1 Å². The van der Waals surface area contributed by atoms with Crippen molar-refractivity contribution in [3.05, 3.63) is 219 Å². The van der Waals surface area contributed by atoms with Gasteiger partial charge in [-0.05, 0) is 202 Å². The van der Waals surface area contributed by atoms with Crippen molar-refractivity contribution in [3.63, 3.8) is 0 Å². The van der Waals surface area contributed by atoms with Crippen LogP contribution in [-0.2, 0) is 37.9 Å². The van der Waals surface area contributed by atoms with Crippen LogP contribution in [0.15, 0.2) is 164 Å². The van der Waals surface area contributed by atoms with Crippen molar-refractivity contribution in [2.45, 2.75) is 160 Å². The molecule has 0 aliphatic heterocycles. The summed E-state index contributed by atoms with van der Waals surface area (Å²) in [6.45, 7) is 29.5. The maximum Gasteiger partial charge on any atom is 0.0726 e. The number of rotatable bonds is 5. The molecule has 372 valence electrons. The van der Waals surface area contributed by atoms with Crippen molar-refractivity contribution in [3.8, 4) is 44.5 Å². The molecule has 0 heterocycles. The van der Waals surface area contributed by atoms with E-state index in [0.29, 0.717) is 0 Å². The van der Waals surface area contributed by atoms with Crippen molar-refractivity contribution in [2.24, 2.45) is 0 Å². The minimum atomic E-state index is -0.490. The molecule has 0 saturated carbocycles. The lowest BCUT2D eigenvalue weighted by Gasteiger charge is -2.44. The van der Waals surface area contributed by atoms with Crippen molar-refractivity contribution < 1.29 is 0 Å². The third kappa shape index (κ3) is 6.73. The Hall–Kier alpha value is -6.44. The van der Waals surface area contributed by atoms with Gasteiger partial charge in [0.1, 0.15) is 0 Å². The highest BCUT2D eigenvalue weighted by Crippen LogP contribution is 2.65. The Morgan fingerprint density at radius 1 is 0.270 bits per heavy atom. The third-order valence-corrected chi connectivity index (χ3v) is 19.9. The van der Waals surface area contributed by atoms with Crippen LogP contribution in [0, 0.1) is 0 Å². The number of hydrogen-bond donors (Lipinski definition) is 0. The van der Waals surface area contributed by atoms with Gasteiger partial charge < -0.3 is 4.90 Å². The average molecular weight is 966 g/mol. The molecule has 13 rings (SSSR count). The monoisotopic (exact) mass is 966 g/mol. The van der Waals surface area contributed by atoms with E-state index in [2.05, 4.69) is 252 Å². The first-order valence-corrected chi connectivity index (χ1v) is 28.0. The molecule has 0 atom stereocenters. The molecule has 0 aromatic heterocycles. The standard InChI is InChI=1S/C73H75N/c1-67(2)36-38-70(7,8)63-42-47(30-34-59(63)67)46-28-31-48(32-29-46)74(49-33-35-60-64(43-49)71(9,10)39-37-68(60,3)4)65-45-62-54(44-55(65)53-23-19-27-61-66(53)72(11,12)41-40-69(61,5)6)52-22-15-18-26-58(52)73(62)56-24-16-13-20-50(56)51-21-14-17-25-57(51)73/h13-35,42-45H,36-41H2,1-12H3. The fourth-order valence-electron chi connectivity index (χ4n) is 15.2. The van der Waals surface area contributed by atoms with Crippen LogP contribution in [0.5, 0.6) is 0 Å². The molecular formula is C73H75N. The smallest absolute Gasteiger partial charge is 0.0726 e. The first kappa shape index (κ1) is 47.3. The number of anilines is 3. The molecular weight excluding hydrogens is 891 g/mol. The van der Waals surface area contributed by atoms with Gasteiger partial charge >= 0.3 is 0 Å². The molecule has 0 N–H and O–H groups in total. The van der Waals surface area contributed by atoms with Crippen LogP contribution < -0.4 is 4.90 Å². The fourth-order valence-corrected chi connectivity index (χ4v) is 15.2. The van der Waals surface area contributed by atoms with Crippen molar-refractivity contribution in [2.75, 3.05) is 4.90 Å². The highest BCUT2D eigenvalue weighted by atomic mass is 15.1. The first-order valence-electron chi connectivity index (χ1n) is 28.0. The maximum absolute atomic E-state index is 2.67. The normalized spacial score (nSPS) is 19.8. The van der Waals surface area contributed by atoms with E-state index in [1.54, 1.807) is 0 Å². The van der Waals surface area contributed by atoms with E-state index in [9.17, 15) is 0 Å². The summed E-state index contributed by atoms with van der Waals surface area (Å²) in [6.07, 6.45) is 7.06. The van der Waals surface area contributed by atoms with E-state index in [1.807, 2.05) is 0 Å². The second-order valence-corrected chi connectivity index (χ2v) is 27.2. The number of hydrogen-bond acceptors (Lipinski definition) is 1. The van der Waals surface area contributed by atoms with Gasteiger partial charge in [0, 0.05) is 16.9 Å². The molecule has 0 amide bonds. The molecule has 0 fully saturated rings. The van der Waals surface area contributed by atoms with Gasteiger partial charge in [-0.1, -0.05) is 210 Å². The van der Waals surface area contributed by atoms with Crippen LogP contribution in [0.1, 0.15) is 177 Å². The van der Waals surface area contributed by atoms with Gasteiger partial charge in [-0.15, -0.1) is 0 Å². The van der Waals surface area contributed by atoms with Gasteiger partial charge in [-0.3, -0.25) is 0 Å². The lowest BCUT2D eigenvalue weighted by molar-refractivity contribution is 0.332. The van der Waals surface area contributed by atoms with Crippen LogP contribution in [0.4, 0.5) is 17.1 Å². The highest BCUT2D eigenvalue weighted by Gasteiger charge is 2.52. The molecule has 1 heteroatoms. The minimum Gasteiger partial charge on any atom is -0.310 e. The summed E-state index contributed by atoms with van der Waals surface area (Å²) < 4.78 is 0. The molecule has 5 aliphatic carbocycles. The summed E-state index contributed by atoms with van der Waals surface area (Å²) in [6, 6.07) is 65.0. The van der Waals surface area contributed by atoms with E-state index in [1.165, 1.54) is 143 Å². The molecule has 1 nitrogen and oxygen atoms in total. The fraction of sp³-hybridized carbons (Fsp3) is 0.342. The summed E-state index contributed by atoms with van der Waals surface area (Å²) in [7, 11) is 0. The Kier molecular flexibility index (Phi) is 10.1. The summed E-state index contributed by atoms with van der Waals surface area (Å²) in [5.74, 6) is 0. The topological polar surface area (TPSA) is 3.24 Å². The van der Waals surface area contributed by atoms with E-state index in [4.69, 9.17) is 0 Å². The SMILES string of the molecule is CC1(C)CCC(C)(C)c2cc(-c3ccc(N(c4ccc5c(c4)C(C)(C)CCC5(C)C)c4cc5c(cc4-c4cccc6c4C(C)(C)CCC6(C)C)-c4ccccc4C54c5ccccc5-c5ccccc54)cc3)ccc21. The predicted octanol–water partition coefficient (Wildman–Crippen LogP) is 19.9. The molecule has 0 saturated heterocycles. The first-order chi connectivity index (χ1) is 35.1. The second kappa shape index (κ2) is 15.8. The van der Waals surface area contributed by atoms with Gasteiger partial charge in [0.25, 0.3) is 0 Å². The van der Waals surface area contributed by atoms with Crippen LogP contribution in [-0.4, -0.2) is 0 Å².